The smallest absolute Gasteiger partial charge is 0.161 e. The van der Waals surface area contributed by atoms with E-state index in [1.54, 1.807) is 12.1 Å². The first-order valence-electron chi connectivity index (χ1n) is 6.06. The Kier molecular flexibility index (Phi) is 4.30. The summed E-state index contributed by atoms with van der Waals surface area (Å²) in [5.41, 5.74) is 1.74. The largest absolute Gasteiger partial charge is 0.504 e. The third-order valence-electron chi connectivity index (χ3n) is 3.05. The fourth-order valence-corrected chi connectivity index (χ4v) is 2.08. The first-order valence-corrected chi connectivity index (χ1v) is 6.44. The summed E-state index contributed by atoms with van der Waals surface area (Å²) >= 11 is 5.95. The van der Waals surface area contributed by atoms with Crippen LogP contribution in [0.4, 0.5) is 0 Å². The lowest BCUT2D eigenvalue weighted by atomic mass is 10.1. The molecule has 0 saturated carbocycles. The van der Waals surface area contributed by atoms with Gasteiger partial charge in [-0.25, -0.2) is 0 Å². The Morgan fingerprint density at radius 3 is 2.63 bits per heavy atom. The van der Waals surface area contributed by atoms with Gasteiger partial charge in [0.1, 0.15) is 0 Å². The van der Waals surface area contributed by atoms with Gasteiger partial charge in [-0.3, -0.25) is 0 Å². The fourth-order valence-electron chi connectivity index (χ4n) is 1.88. The zero-order chi connectivity index (χ0) is 13.8. The van der Waals surface area contributed by atoms with Crippen LogP contribution in [0.1, 0.15) is 24.1 Å². The lowest BCUT2D eigenvalue weighted by molar-refractivity contribution is 0.396. The van der Waals surface area contributed by atoms with Crippen molar-refractivity contribution in [1.29, 1.82) is 0 Å². The van der Waals surface area contributed by atoms with Gasteiger partial charge < -0.3 is 15.5 Å². The lowest BCUT2D eigenvalue weighted by Gasteiger charge is -2.15. The van der Waals surface area contributed by atoms with Gasteiger partial charge in [0.15, 0.2) is 11.5 Å². The second-order valence-electron chi connectivity index (χ2n) is 4.44. The van der Waals surface area contributed by atoms with Gasteiger partial charge in [-0.05, 0) is 30.7 Å². The maximum Gasteiger partial charge on any atom is 0.161 e. The van der Waals surface area contributed by atoms with Crippen molar-refractivity contribution in [1.82, 2.24) is 5.32 Å². The number of halogens is 1. The molecule has 0 heterocycles. The molecule has 0 amide bonds. The molecule has 0 aliphatic carbocycles. The summed E-state index contributed by atoms with van der Waals surface area (Å²) in [6.45, 7) is 2.49. The molecule has 19 heavy (non-hydrogen) atoms. The highest BCUT2D eigenvalue weighted by atomic mass is 35.5. The molecular weight excluding hydrogens is 262 g/mol. The molecule has 0 aliphatic rings. The lowest BCUT2D eigenvalue weighted by Crippen LogP contribution is -2.18. The van der Waals surface area contributed by atoms with E-state index < -0.39 is 0 Å². The van der Waals surface area contributed by atoms with Crippen molar-refractivity contribution in [3.05, 3.63) is 58.6 Å². The number of phenols is 2. The average molecular weight is 278 g/mol. The van der Waals surface area contributed by atoms with E-state index in [1.807, 2.05) is 31.2 Å². The molecule has 0 fully saturated rings. The molecule has 3 nitrogen and oxygen atoms in total. The van der Waals surface area contributed by atoms with Crippen LogP contribution >= 0.6 is 11.6 Å². The monoisotopic (exact) mass is 277 g/mol. The van der Waals surface area contributed by atoms with E-state index in [9.17, 15) is 10.2 Å². The van der Waals surface area contributed by atoms with Gasteiger partial charge in [-0.15, -0.1) is 0 Å². The zero-order valence-electron chi connectivity index (χ0n) is 10.6. The molecule has 100 valence electrons. The SMILES string of the molecule is C[C@H](NCc1cccc(O)c1O)c1cccc(Cl)c1. The summed E-state index contributed by atoms with van der Waals surface area (Å²) < 4.78 is 0. The Balaban J connectivity index is 2.04. The molecule has 0 unspecified atom stereocenters. The summed E-state index contributed by atoms with van der Waals surface area (Å²) in [5.74, 6) is -0.178. The number of nitrogens with one attached hydrogen (secondary N) is 1. The minimum atomic E-state index is -0.102. The summed E-state index contributed by atoms with van der Waals surface area (Å²) in [4.78, 5) is 0. The molecule has 2 aromatic carbocycles. The third-order valence-corrected chi connectivity index (χ3v) is 3.28. The Morgan fingerprint density at radius 2 is 1.89 bits per heavy atom. The Morgan fingerprint density at radius 1 is 1.16 bits per heavy atom. The number of hydrogen-bond donors (Lipinski definition) is 3. The second kappa shape index (κ2) is 5.95. The van der Waals surface area contributed by atoms with Gasteiger partial charge in [0.05, 0.1) is 0 Å². The van der Waals surface area contributed by atoms with Gasteiger partial charge in [0.25, 0.3) is 0 Å². The number of para-hydroxylation sites is 1. The summed E-state index contributed by atoms with van der Waals surface area (Å²) in [6.07, 6.45) is 0. The summed E-state index contributed by atoms with van der Waals surface area (Å²) in [5, 5.41) is 23.1. The van der Waals surface area contributed by atoms with Crippen LogP contribution in [0.3, 0.4) is 0 Å². The summed E-state index contributed by atoms with van der Waals surface area (Å²) in [6, 6.07) is 12.7. The molecule has 0 aliphatic heterocycles. The molecule has 0 spiro atoms. The fraction of sp³-hybridized carbons (Fsp3) is 0.200. The molecule has 3 N–H and O–H groups in total. The predicted molar refractivity (Wildman–Crippen MR) is 76.5 cm³/mol. The molecule has 2 rings (SSSR count). The maximum atomic E-state index is 9.71. The average Bonchev–Trinajstić information content (AvgIpc) is 2.40. The molecule has 2 aromatic rings. The standard InChI is InChI=1S/C15H16ClNO2/c1-10(11-4-2-6-13(16)8-11)17-9-12-5-3-7-14(18)15(12)19/h2-8,10,17-19H,9H2,1H3/t10-/m0/s1. The van der Waals surface area contributed by atoms with Gasteiger partial charge in [0, 0.05) is 23.2 Å². The van der Waals surface area contributed by atoms with Crippen molar-refractivity contribution in [2.24, 2.45) is 0 Å². The molecule has 1 atom stereocenters. The number of phenolic OH excluding ortho intramolecular Hbond substituents is 2. The maximum absolute atomic E-state index is 9.71. The Labute approximate surface area is 117 Å². The minimum absolute atomic E-state index is 0.0757. The number of benzene rings is 2. The van der Waals surface area contributed by atoms with Crippen molar-refractivity contribution in [3.8, 4) is 11.5 Å². The van der Waals surface area contributed by atoms with E-state index >= 15 is 0 Å². The molecule has 0 aromatic heterocycles. The van der Waals surface area contributed by atoms with Crippen molar-refractivity contribution >= 4 is 11.6 Å². The van der Waals surface area contributed by atoms with Crippen molar-refractivity contribution < 1.29 is 10.2 Å². The first kappa shape index (κ1) is 13.7. The highest BCUT2D eigenvalue weighted by Crippen LogP contribution is 2.28. The number of rotatable bonds is 4. The molecular formula is C15H16ClNO2. The van der Waals surface area contributed by atoms with Crippen molar-refractivity contribution in [2.75, 3.05) is 0 Å². The highest BCUT2D eigenvalue weighted by molar-refractivity contribution is 6.30. The topological polar surface area (TPSA) is 52.5 Å². The van der Waals surface area contributed by atoms with Crippen LogP contribution in [0.5, 0.6) is 11.5 Å². The van der Waals surface area contributed by atoms with Crippen LogP contribution in [-0.4, -0.2) is 10.2 Å². The normalized spacial score (nSPS) is 12.3. The van der Waals surface area contributed by atoms with Crippen LogP contribution < -0.4 is 5.32 Å². The van der Waals surface area contributed by atoms with Gasteiger partial charge >= 0.3 is 0 Å². The Bertz CT molecular complexity index is 572. The van der Waals surface area contributed by atoms with E-state index in [1.165, 1.54) is 6.07 Å². The molecule has 4 heteroatoms. The van der Waals surface area contributed by atoms with Crippen LogP contribution in [0.25, 0.3) is 0 Å². The van der Waals surface area contributed by atoms with Crippen LogP contribution in [0.15, 0.2) is 42.5 Å². The van der Waals surface area contributed by atoms with Crippen LogP contribution in [0.2, 0.25) is 5.02 Å². The van der Waals surface area contributed by atoms with E-state index in [0.717, 1.165) is 5.56 Å². The predicted octanol–water partition coefficient (Wildman–Crippen LogP) is 3.60. The van der Waals surface area contributed by atoms with Crippen LogP contribution in [-0.2, 0) is 6.54 Å². The molecule has 0 bridgehead atoms. The van der Waals surface area contributed by atoms with E-state index in [0.29, 0.717) is 17.1 Å². The number of aromatic hydroxyl groups is 2. The van der Waals surface area contributed by atoms with Gasteiger partial charge in [0.2, 0.25) is 0 Å². The Hall–Kier alpha value is -1.71. The van der Waals surface area contributed by atoms with Crippen molar-refractivity contribution in [3.63, 3.8) is 0 Å². The van der Waals surface area contributed by atoms with Gasteiger partial charge in [-0.1, -0.05) is 35.9 Å². The van der Waals surface area contributed by atoms with E-state index in [4.69, 9.17) is 11.6 Å². The molecule has 0 saturated heterocycles. The quantitative estimate of drug-likeness (QED) is 0.749. The minimum Gasteiger partial charge on any atom is -0.504 e. The summed E-state index contributed by atoms with van der Waals surface area (Å²) in [7, 11) is 0. The first-order chi connectivity index (χ1) is 9.08. The van der Waals surface area contributed by atoms with Gasteiger partial charge in [-0.2, -0.15) is 0 Å². The second-order valence-corrected chi connectivity index (χ2v) is 4.88. The van der Waals surface area contributed by atoms with E-state index in [-0.39, 0.29) is 17.5 Å². The van der Waals surface area contributed by atoms with E-state index in [2.05, 4.69) is 5.32 Å². The highest BCUT2D eigenvalue weighted by Gasteiger charge is 2.09. The number of hydrogen-bond acceptors (Lipinski definition) is 3. The third kappa shape index (κ3) is 3.40. The van der Waals surface area contributed by atoms with Crippen molar-refractivity contribution in [2.45, 2.75) is 19.5 Å². The molecule has 0 radical (unpaired) electrons. The van der Waals surface area contributed by atoms with Crippen LogP contribution in [0, 0.1) is 0 Å². The zero-order valence-corrected chi connectivity index (χ0v) is 11.4.